The number of carbonyl (C=O) groups is 2. The van der Waals surface area contributed by atoms with Crippen LogP contribution in [0.15, 0.2) is 60.8 Å². The Kier molecular flexibility index (Phi) is 6.98. The van der Waals surface area contributed by atoms with Gasteiger partial charge in [0.25, 0.3) is 11.8 Å². The van der Waals surface area contributed by atoms with Crippen LogP contribution in [-0.4, -0.2) is 40.3 Å². The van der Waals surface area contributed by atoms with Gasteiger partial charge in [-0.15, -0.1) is 0 Å². The van der Waals surface area contributed by atoms with E-state index in [1.807, 2.05) is 59.5 Å². The number of amides is 2. The van der Waals surface area contributed by atoms with Crippen molar-refractivity contribution in [1.82, 2.24) is 20.2 Å². The van der Waals surface area contributed by atoms with Crippen molar-refractivity contribution in [2.75, 3.05) is 13.7 Å². The summed E-state index contributed by atoms with van der Waals surface area (Å²) in [7, 11) is 1.61. The summed E-state index contributed by atoms with van der Waals surface area (Å²) < 4.78 is 5.23. The molecule has 1 saturated heterocycles. The van der Waals surface area contributed by atoms with Gasteiger partial charge in [0.15, 0.2) is 5.82 Å². The van der Waals surface area contributed by atoms with Crippen molar-refractivity contribution in [2.24, 2.45) is 0 Å². The molecule has 33 heavy (non-hydrogen) atoms. The van der Waals surface area contributed by atoms with Crippen LogP contribution >= 0.6 is 0 Å². The summed E-state index contributed by atoms with van der Waals surface area (Å²) >= 11 is 0. The van der Waals surface area contributed by atoms with E-state index in [4.69, 9.17) is 4.74 Å². The van der Waals surface area contributed by atoms with Crippen molar-refractivity contribution in [3.8, 4) is 5.75 Å². The Hall–Kier alpha value is -3.74. The molecule has 0 aliphatic carbocycles. The van der Waals surface area contributed by atoms with Crippen LogP contribution in [0.1, 0.15) is 63.1 Å². The monoisotopic (exact) mass is 444 g/mol. The molecule has 1 fully saturated rings. The molecule has 1 atom stereocenters. The summed E-state index contributed by atoms with van der Waals surface area (Å²) in [5, 5.41) is 2.92. The number of nitrogens with one attached hydrogen (secondary N) is 1. The van der Waals surface area contributed by atoms with E-state index in [1.54, 1.807) is 20.2 Å². The standard InChI is InChI=1S/C26H28N4O3/c1-18-22(25(31)28-16-19-9-8-12-21(15-19)33-2)17-27-24(29-18)23-13-6-7-14-30(23)26(32)20-10-4-3-5-11-20/h3-5,8-12,15,17,23H,6-7,13-14,16H2,1-2H3,(H,28,31). The maximum absolute atomic E-state index is 13.1. The SMILES string of the molecule is COc1cccc(CNC(=O)c2cnc(C3CCCCN3C(=O)c3ccccc3)nc2C)c1. The fourth-order valence-electron chi connectivity index (χ4n) is 4.12. The highest BCUT2D eigenvalue weighted by Crippen LogP contribution is 2.30. The molecule has 1 aromatic heterocycles. The van der Waals surface area contributed by atoms with Crippen LogP contribution in [0.2, 0.25) is 0 Å². The third-order valence-electron chi connectivity index (χ3n) is 5.91. The molecule has 170 valence electrons. The van der Waals surface area contributed by atoms with Crippen LogP contribution in [0.5, 0.6) is 5.75 Å². The Morgan fingerprint density at radius 1 is 1.12 bits per heavy atom. The largest absolute Gasteiger partial charge is 0.497 e. The molecule has 7 heteroatoms. The van der Waals surface area contributed by atoms with Gasteiger partial charge in [-0.25, -0.2) is 9.97 Å². The maximum Gasteiger partial charge on any atom is 0.254 e. The summed E-state index contributed by atoms with van der Waals surface area (Å²) in [4.78, 5) is 36.9. The van der Waals surface area contributed by atoms with Gasteiger partial charge < -0.3 is 15.0 Å². The predicted octanol–water partition coefficient (Wildman–Crippen LogP) is 4.09. The van der Waals surface area contributed by atoms with Gasteiger partial charge in [-0.1, -0.05) is 30.3 Å². The Labute approximate surface area is 193 Å². The highest BCUT2D eigenvalue weighted by atomic mass is 16.5. The highest BCUT2D eigenvalue weighted by molar-refractivity contribution is 5.95. The third-order valence-corrected chi connectivity index (χ3v) is 5.91. The van der Waals surface area contributed by atoms with E-state index in [1.165, 1.54) is 0 Å². The number of rotatable bonds is 6. The Bertz CT molecular complexity index is 1130. The van der Waals surface area contributed by atoms with Crippen LogP contribution in [-0.2, 0) is 6.54 Å². The molecule has 2 heterocycles. The maximum atomic E-state index is 13.1. The molecule has 2 amide bonds. The van der Waals surface area contributed by atoms with E-state index < -0.39 is 0 Å². The summed E-state index contributed by atoms with van der Waals surface area (Å²) in [6.45, 7) is 2.85. The second-order valence-electron chi connectivity index (χ2n) is 8.14. The van der Waals surface area contributed by atoms with Crippen molar-refractivity contribution < 1.29 is 14.3 Å². The number of aromatic nitrogens is 2. The van der Waals surface area contributed by atoms with Gasteiger partial charge in [-0.2, -0.15) is 0 Å². The van der Waals surface area contributed by atoms with Crippen LogP contribution in [0.4, 0.5) is 0 Å². The number of hydrogen-bond acceptors (Lipinski definition) is 5. The average molecular weight is 445 g/mol. The van der Waals surface area contributed by atoms with Crippen LogP contribution in [0.3, 0.4) is 0 Å². The van der Waals surface area contributed by atoms with Gasteiger partial charge in [-0.05, 0) is 56.0 Å². The number of likely N-dealkylation sites (tertiary alicyclic amines) is 1. The van der Waals surface area contributed by atoms with Crippen molar-refractivity contribution in [2.45, 2.75) is 38.8 Å². The van der Waals surface area contributed by atoms with Gasteiger partial charge in [0, 0.05) is 24.8 Å². The third kappa shape index (κ3) is 5.19. The van der Waals surface area contributed by atoms with Gasteiger partial charge >= 0.3 is 0 Å². The summed E-state index contributed by atoms with van der Waals surface area (Å²) in [6, 6.07) is 16.7. The number of aryl methyl sites for hydroxylation is 1. The van der Waals surface area contributed by atoms with Gasteiger partial charge in [-0.3, -0.25) is 9.59 Å². The molecule has 4 rings (SSSR count). The minimum atomic E-state index is -0.234. The van der Waals surface area contributed by atoms with E-state index >= 15 is 0 Å². The van der Waals surface area contributed by atoms with Crippen molar-refractivity contribution >= 4 is 11.8 Å². The molecule has 2 aromatic carbocycles. The molecule has 1 unspecified atom stereocenters. The fourth-order valence-corrected chi connectivity index (χ4v) is 4.12. The smallest absolute Gasteiger partial charge is 0.254 e. The van der Waals surface area contributed by atoms with E-state index in [9.17, 15) is 9.59 Å². The highest BCUT2D eigenvalue weighted by Gasteiger charge is 2.31. The normalized spacial score (nSPS) is 15.7. The first kappa shape index (κ1) is 22.5. The first-order valence-electron chi connectivity index (χ1n) is 11.2. The van der Waals surface area contributed by atoms with E-state index in [-0.39, 0.29) is 17.9 Å². The lowest BCUT2D eigenvalue weighted by Crippen LogP contribution is -2.39. The van der Waals surface area contributed by atoms with Gasteiger partial charge in [0.2, 0.25) is 0 Å². The zero-order chi connectivity index (χ0) is 23.2. The Morgan fingerprint density at radius 3 is 2.70 bits per heavy atom. The molecular weight excluding hydrogens is 416 g/mol. The van der Waals surface area contributed by atoms with Crippen molar-refractivity contribution in [3.05, 3.63) is 89.0 Å². The molecule has 1 aliphatic rings. The minimum Gasteiger partial charge on any atom is -0.497 e. The Morgan fingerprint density at radius 2 is 1.94 bits per heavy atom. The summed E-state index contributed by atoms with van der Waals surface area (Å²) in [5.74, 6) is 1.08. The number of nitrogens with zero attached hydrogens (tertiary/aromatic N) is 3. The molecule has 0 saturated carbocycles. The molecule has 1 aliphatic heterocycles. The van der Waals surface area contributed by atoms with Crippen molar-refractivity contribution in [1.29, 1.82) is 0 Å². The number of hydrogen-bond donors (Lipinski definition) is 1. The molecule has 0 radical (unpaired) electrons. The Balaban J connectivity index is 1.48. The van der Waals surface area contributed by atoms with Gasteiger partial charge in [0.1, 0.15) is 5.75 Å². The topological polar surface area (TPSA) is 84.4 Å². The quantitative estimate of drug-likeness (QED) is 0.619. The zero-order valence-electron chi connectivity index (χ0n) is 19.0. The number of methoxy groups -OCH3 is 1. The molecule has 1 N–H and O–H groups in total. The second-order valence-corrected chi connectivity index (χ2v) is 8.14. The minimum absolute atomic E-state index is 0.0124. The molecule has 0 spiro atoms. The fraction of sp³-hybridized carbons (Fsp3) is 0.308. The first-order chi connectivity index (χ1) is 16.1. The number of piperidine rings is 1. The van der Waals surface area contributed by atoms with E-state index in [2.05, 4.69) is 15.3 Å². The van der Waals surface area contributed by atoms with Crippen LogP contribution in [0.25, 0.3) is 0 Å². The zero-order valence-corrected chi connectivity index (χ0v) is 19.0. The summed E-state index contributed by atoms with van der Waals surface area (Å²) in [5.41, 5.74) is 2.63. The van der Waals surface area contributed by atoms with E-state index in [0.717, 1.165) is 30.6 Å². The number of carbonyl (C=O) groups excluding carboxylic acids is 2. The molecule has 0 bridgehead atoms. The van der Waals surface area contributed by atoms with Crippen LogP contribution < -0.4 is 10.1 Å². The molecule has 3 aromatic rings. The van der Waals surface area contributed by atoms with Crippen LogP contribution in [0, 0.1) is 6.92 Å². The lowest BCUT2D eigenvalue weighted by atomic mass is 9.99. The lowest BCUT2D eigenvalue weighted by molar-refractivity contribution is 0.0599. The number of ether oxygens (including phenoxy) is 1. The second kappa shape index (κ2) is 10.3. The molecule has 7 nitrogen and oxygen atoms in total. The van der Waals surface area contributed by atoms with Gasteiger partial charge in [0.05, 0.1) is 24.4 Å². The molecular formula is C26H28N4O3. The van der Waals surface area contributed by atoms with E-state index in [0.29, 0.717) is 35.7 Å². The first-order valence-corrected chi connectivity index (χ1v) is 11.2. The predicted molar refractivity (Wildman–Crippen MR) is 125 cm³/mol. The van der Waals surface area contributed by atoms with Crippen molar-refractivity contribution in [3.63, 3.8) is 0 Å². The summed E-state index contributed by atoms with van der Waals surface area (Å²) in [6.07, 6.45) is 4.34. The lowest BCUT2D eigenvalue weighted by Gasteiger charge is -2.35. The average Bonchev–Trinajstić information content (AvgIpc) is 2.87. The number of benzene rings is 2.